The molecule has 1 aliphatic rings. The summed E-state index contributed by atoms with van der Waals surface area (Å²) < 4.78 is 5.19. The summed E-state index contributed by atoms with van der Waals surface area (Å²) in [6, 6.07) is 16.1. The summed E-state index contributed by atoms with van der Waals surface area (Å²) >= 11 is 0. The van der Waals surface area contributed by atoms with Crippen molar-refractivity contribution in [3.63, 3.8) is 0 Å². The lowest BCUT2D eigenvalue weighted by atomic mass is 9.95. The van der Waals surface area contributed by atoms with E-state index in [0.29, 0.717) is 13.1 Å². The number of amides is 1. The second-order valence-corrected chi connectivity index (χ2v) is 6.11. The summed E-state index contributed by atoms with van der Waals surface area (Å²) in [6.07, 6.45) is 0.758. The molecule has 0 bridgehead atoms. The predicted octanol–water partition coefficient (Wildman–Crippen LogP) is 2.76. The van der Waals surface area contributed by atoms with Gasteiger partial charge >= 0.3 is 0 Å². The van der Waals surface area contributed by atoms with E-state index in [-0.39, 0.29) is 11.9 Å². The quantitative estimate of drug-likeness (QED) is 0.919. The molecule has 0 aromatic heterocycles. The van der Waals surface area contributed by atoms with Crippen molar-refractivity contribution in [1.82, 2.24) is 10.2 Å². The van der Waals surface area contributed by atoms with Gasteiger partial charge in [-0.25, -0.2) is 0 Å². The molecule has 0 spiro atoms. The first kappa shape index (κ1) is 16.5. The van der Waals surface area contributed by atoms with Crippen LogP contribution in [0.3, 0.4) is 0 Å². The fourth-order valence-corrected chi connectivity index (χ4v) is 3.15. The third-order valence-corrected chi connectivity index (χ3v) is 4.61. The number of ether oxygens (including phenoxy) is 1. The Labute approximate surface area is 143 Å². The Hall–Kier alpha value is -2.33. The molecular formula is C20H24N2O2. The molecule has 0 fully saturated rings. The number of rotatable bonds is 5. The summed E-state index contributed by atoms with van der Waals surface area (Å²) in [7, 11) is 1.66. The molecule has 1 aliphatic heterocycles. The first-order valence-corrected chi connectivity index (χ1v) is 8.43. The van der Waals surface area contributed by atoms with E-state index >= 15 is 0 Å². The van der Waals surface area contributed by atoms with Crippen LogP contribution >= 0.6 is 0 Å². The Morgan fingerprint density at radius 1 is 1.17 bits per heavy atom. The van der Waals surface area contributed by atoms with Crippen LogP contribution in [0.2, 0.25) is 0 Å². The lowest BCUT2D eigenvalue weighted by Crippen LogP contribution is -2.49. The van der Waals surface area contributed by atoms with E-state index < -0.39 is 0 Å². The molecule has 126 valence electrons. The van der Waals surface area contributed by atoms with E-state index in [0.717, 1.165) is 24.3 Å². The fraction of sp³-hybridized carbons (Fsp3) is 0.350. The molecule has 0 saturated heterocycles. The highest BCUT2D eigenvalue weighted by Gasteiger charge is 2.27. The third-order valence-electron chi connectivity index (χ3n) is 4.61. The molecule has 1 N–H and O–H groups in total. The highest BCUT2D eigenvalue weighted by atomic mass is 16.5. The average molecular weight is 324 g/mol. The van der Waals surface area contributed by atoms with Crippen molar-refractivity contribution in [3.8, 4) is 5.75 Å². The first-order valence-electron chi connectivity index (χ1n) is 8.43. The van der Waals surface area contributed by atoms with Crippen LogP contribution in [0.5, 0.6) is 5.75 Å². The Kier molecular flexibility index (Phi) is 5.16. The Balaban J connectivity index is 1.68. The summed E-state index contributed by atoms with van der Waals surface area (Å²) in [6.45, 7) is 4.11. The molecule has 2 aromatic carbocycles. The van der Waals surface area contributed by atoms with Crippen LogP contribution in [0.4, 0.5) is 0 Å². The maximum Gasteiger partial charge on any atom is 0.240 e. The van der Waals surface area contributed by atoms with E-state index in [1.807, 2.05) is 48.2 Å². The van der Waals surface area contributed by atoms with Gasteiger partial charge in [0.25, 0.3) is 0 Å². The first-order chi connectivity index (χ1) is 11.7. The largest absolute Gasteiger partial charge is 0.497 e. The van der Waals surface area contributed by atoms with Gasteiger partial charge in [0.1, 0.15) is 5.75 Å². The third kappa shape index (κ3) is 3.60. The van der Waals surface area contributed by atoms with Crippen LogP contribution in [0.15, 0.2) is 48.5 Å². The molecule has 0 aliphatic carbocycles. The molecule has 0 saturated carbocycles. The van der Waals surface area contributed by atoms with Gasteiger partial charge in [0.2, 0.25) is 5.91 Å². The van der Waals surface area contributed by atoms with Crippen molar-refractivity contribution in [2.45, 2.75) is 32.5 Å². The number of hydrogen-bond donors (Lipinski definition) is 1. The van der Waals surface area contributed by atoms with Crippen molar-refractivity contribution in [2.75, 3.05) is 13.7 Å². The molecule has 4 heteroatoms. The van der Waals surface area contributed by atoms with Gasteiger partial charge in [-0.05, 0) is 42.2 Å². The Morgan fingerprint density at radius 2 is 1.88 bits per heavy atom. The van der Waals surface area contributed by atoms with Crippen molar-refractivity contribution in [3.05, 3.63) is 65.2 Å². The molecule has 0 radical (unpaired) electrons. The molecule has 1 amide bonds. The lowest BCUT2D eigenvalue weighted by Gasteiger charge is -2.30. The minimum Gasteiger partial charge on any atom is -0.497 e. The van der Waals surface area contributed by atoms with Gasteiger partial charge in [0.15, 0.2) is 0 Å². The molecular weight excluding hydrogens is 300 g/mol. The molecule has 2 aromatic rings. The van der Waals surface area contributed by atoms with Crippen molar-refractivity contribution in [1.29, 1.82) is 0 Å². The summed E-state index contributed by atoms with van der Waals surface area (Å²) in [5.74, 6) is 1.00. The van der Waals surface area contributed by atoms with E-state index in [2.05, 4.69) is 17.4 Å². The zero-order valence-electron chi connectivity index (χ0n) is 14.3. The standard InChI is InChI=1S/C20H24N2O2/c1-3-22(14-15-8-10-18(24-2)11-9-15)20(23)19-12-16-6-4-5-7-17(16)13-21-19/h4-11,19,21H,3,12-14H2,1-2H3. The van der Waals surface area contributed by atoms with Gasteiger partial charge in [-0.2, -0.15) is 0 Å². The van der Waals surface area contributed by atoms with E-state index in [1.165, 1.54) is 11.1 Å². The number of benzene rings is 2. The predicted molar refractivity (Wildman–Crippen MR) is 94.9 cm³/mol. The Bertz CT molecular complexity index is 697. The van der Waals surface area contributed by atoms with Gasteiger partial charge in [-0.15, -0.1) is 0 Å². The number of likely N-dealkylation sites (N-methyl/N-ethyl adjacent to an activating group) is 1. The summed E-state index contributed by atoms with van der Waals surface area (Å²) in [5.41, 5.74) is 3.68. The number of nitrogens with one attached hydrogen (secondary N) is 1. The highest BCUT2D eigenvalue weighted by molar-refractivity contribution is 5.82. The molecule has 1 atom stereocenters. The number of fused-ring (bicyclic) bond motifs is 1. The highest BCUT2D eigenvalue weighted by Crippen LogP contribution is 2.19. The molecule has 4 nitrogen and oxygen atoms in total. The van der Waals surface area contributed by atoms with E-state index in [1.54, 1.807) is 7.11 Å². The zero-order valence-corrected chi connectivity index (χ0v) is 14.3. The monoisotopic (exact) mass is 324 g/mol. The van der Waals surface area contributed by atoms with Crippen LogP contribution in [0, 0.1) is 0 Å². The second-order valence-electron chi connectivity index (χ2n) is 6.11. The number of methoxy groups -OCH3 is 1. The van der Waals surface area contributed by atoms with Crippen LogP contribution < -0.4 is 10.1 Å². The van der Waals surface area contributed by atoms with Gasteiger partial charge in [0.05, 0.1) is 13.2 Å². The topological polar surface area (TPSA) is 41.6 Å². The van der Waals surface area contributed by atoms with Gasteiger partial charge < -0.3 is 15.0 Å². The fourth-order valence-electron chi connectivity index (χ4n) is 3.15. The summed E-state index contributed by atoms with van der Waals surface area (Å²) in [5, 5.41) is 3.38. The van der Waals surface area contributed by atoms with Crippen LogP contribution in [0.1, 0.15) is 23.6 Å². The van der Waals surface area contributed by atoms with E-state index in [9.17, 15) is 4.79 Å². The zero-order chi connectivity index (χ0) is 16.9. The normalized spacial score (nSPS) is 16.3. The lowest BCUT2D eigenvalue weighted by molar-refractivity contribution is -0.134. The Morgan fingerprint density at radius 3 is 2.54 bits per heavy atom. The number of carbonyl (C=O) groups is 1. The maximum atomic E-state index is 12.9. The number of hydrogen-bond acceptors (Lipinski definition) is 3. The van der Waals surface area contributed by atoms with Crippen molar-refractivity contribution < 1.29 is 9.53 Å². The summed E-state index contributed by atoms with van der Waals surface area (Å²) in [4.78, 5) is 14.8. The molecule has 1 unspecified atom stereocenters. The SMILES string of the molecule is CCN(Cc1ccc(OC)cc1)C(=O)C1Cc2ccccc2CN1. The van der Waals surface area contributed by atoms with Gasteiger partial charge in [0, 0.05) is 19.6 Å². The van der Waals surface area contributed by atoms with Crippen LogP contribution in [-0.2, 0) is 24.3 Å². The number of nitrogens with zero attached hydrogens (tertiary/aromatic N) is 1. The minimum atomic E-state index is -0.141. The smallest absolute Gasteiger partial charge is 0.240 e. The van der Waals surface area contributed by atoms with Crippen LogP contribution in [0.25, 0.3) is 0 Å². The van der Waals surface area contributed by atoms with Gasteiger partial charge in [-0.1, -0.05) is 36.4 Å². The number of carbonyl (C=O) groups excluding carboxylic acids is 1. The molecule has 1 heterocycles. The minimum absolute atomic E-state index is 0.141. The van der Waals surface area contributed by atoms with Crippen molar-refractivity contribution >= 4 is 5.91 Å². The average Bonchev–Trinajstić information content (AvgIpc) is 2.65. The van der Waals surface area contributed by atoms with Gasteiger partial charge in [-0.3, -0.25) is 4.79 Å². The van der Waals surface area contributed by atoms with Crippen LogP contribution in [-0.4, -0.2) is 30.5 Å². The second kappa shape index (κ2) is 7.49. The maximum absolute atomic E-state index is 12.9. The molecule has 3 rings (SSSR count). The molecule has 24 heavy (non-hydrogen) atoms. The van der Waals surface area contributed by atoms with Crippen molar-refractivity contribution in [2.24, 2.45) is 0 Å². The van der Waals surface area contributed by atoms with E-state index in [4.69, 9.17) is 4.74 Å².